The third kappa shape index (κ3) is 6.11. The summed E-state index contributed by atoms with van der Waals surface area (Å²) in [6.45, 7) is 3.83. The molecule has 1 aromatic heterocycles. The first-order chi connectivity index (χ1) is 20.1. The number of nitrogens with one attached hydrogen (secondary N) is 1. The molecule has 218 valence electrons. The molecule has 0 bridgehead atoms. The van der Waals surface area contributed by atoms with Gasteiger partial charge in [-0.25, -0.2) is 9.18 Å². The highest BCUT2D eigenvalue weighted by Crippen LogP contribution is 2.50. The van der Waals surface area contributed by atoms with Gasteiger partial charge in [-0.15, -0.1) is 11.3 Å². The van der Waals surface area contributed by atoms with Gasteiger partial charge < -0.3 is 14.2 Å². The molecule has 5 rings (SSSR count). The summed E-state index contributed by atoms with van der Waals surface area (Å²) in [6, 6.07) is 19.2. The lowest BCUT2D eigenvalue weighted by Gasteiger charge is -2.16. The van der Waals surface area contributed by atoms with Crippen LogP contribution in [0.3, 0.4) is 0 Å². The number of hydrogen-bond donors (Lipinski definition) is 1. The summed E-state index contributed by atoms with van der Waals surface area (Å²) in [6.07, 6.45) is 0.150. The molecule has 1 N–H and O–H groups in total. The Kier molecular flexibility index (Phi) is 8.78. The summed E-state index contributed by atoms with van der Waals surface area (Å²) in [4.78, 5) is 26.0. The third-order valence-corrected chi connectivity index (χ3v) is 8.89. The number of carbonyl (C=O) groups excluding carboxylic acids is 2. The normalized spacial score (nSPS) is 14.1. The van der Waals surface area contributed by atoms with E-state index in [9.17, 15) is 14.0 Å². The molecule has 4 aromatic rings. The first kappa shape index (κ1) is 29.9. The maximum Gasteiger partial charge on any atom is 0.412 e. The highest BCUT2D eigenvalue weighted by molar-refractivity contribution is 7.20. The summed E-state index contributed by atoms with van der Waals surface area (Å²) < 4.78 is 30.4. The molecule has 1 fully saturated rings. The number of hydrogen-bond acceptors (Lipinski definition) is 6. The highest BCUT2D eigenvalue weighted by atomic mass is 35.5. The first-order valence-corrected chi connectivity index (χ1v) is 14.9. The molecule has 42 heavy (non-hydrogen) atoms. The third-order valence-electron chi connectivity index (χ3n) is 7.25. The van der Waals surface area contributed by atoms with Gasteiger partial charge in [0.15, 0.2) is 0 Å². The van der Waals surface area contributed by atoms with Crippen molar-refractivity contribution in [3.05, 3.63) is 93.0 Å². The van der Waals surface area contributed by atoms with Crippen LogP contribution in [0.25, 0.3) is 21.6 Å². The molecule has 1 atom stereocenters. The van der Waals surface area contributed by atoms with E-state index in [-0.39, 0.29) is 11.0 Å². The van der Waals surface area contributed by atoms with E-state index in [0.29, 0.717) is 27.9 Å². The minimum atomic E-state index is -0.714. The Bertz CT molecular complexity index is 1630. The Morgan fingerprint density at radius 3 is 2.38 bits per heavy atom. The average molecular weight is 629 g/mol. The topological polar surface area (TPSA) is 73.9 Å². The first-order valence-electron chi connectivity index (χ1n) is 13.3. The van der Waals surface area contributed by atoms with Crippen molar-refractivity contribution in [3.8, 4) is 27.3 Å². The van der Waals surface area contributed by atoms with E-state index < -0.39 is 23.4 Å². The second-order valence-electron chi connectivity index (χ2n) is 9.93. The minimum absolute atomic E-state index is 0.169. The summed E-state index contributed by atoms with van der Waals surface area (Å²) >= 11 is 13.8. The van der Waals surface area contributed by atoms with Crippen LogP contribution in [0.4, 0.5) is 14.9 Å². The molecule has 1 amide bonds. The van der Waals surface area contributed by atoms with Gasteiger partial charge in [-0.3, -0.25) is 10.1 Å². The van der Waals surface area contributed by atoms with Gasteiger partial charge in [-0.1, -0.05) is 65.7 Å². The maximum absolute atomic E-state index is 13.4. The van der Waals surface area contributed by atoms with E-state index in [4.69, 9.17) is 37.4 Å². The van der Waals surface area contributed by atoms with Crippen LogP contribution in [-0.2, 0) is 19.7 Å². The fraction of sp³-hybridized carbons (Fsp3) is 0.250. The van der Waals surface area contributed by atoms with Crippen molar-refractivity contribution in [1.29, 1.82) is 0 Å². The van der Waals surface area contributed by atoms with Crippen LogP contribution >= 0.6 is 34.5 Å². The van der Waals surface area contributed by atoms with Crippen molar-refractivity contribution >= 4 is 52.3 Å². The van der Waals surface area contributed by atoms with Crippen LogP contribution in [0.1, 0.15) is 43.9 Å². The summed E-state index contributed by atoms with van der Waals surface area (Å²) in [7, 11) is 1.59. The predicted octanol–water partition coefficient (Wildman–Crippen LogP) is 9.44. The van der Waals surface area contributed by atoms with E-state index in [1.54, 1.807) is 20.1 Å². The Morgan fingerprint density at radius 1 is 1.02 bits per heavy atom. The molecule has 0 spiro atoms. The van der Waals surface area contributed by atoms with E-state index in [0.717, 1.165) is 40.0 Å². The zero-order valence-corrected chi connectivity index (χ0v) is 25.5. The van der Waals surface area contributed by atoms with Crippen LogP contribution in [0.15, 0.2) is 66.7 Å². The van der Waals surface area contributed by atoms with Gasteiger partial charge in [-0.2, -0.15) is 0 Å². The number of thiophene rings is 1. The molecular formula is C32H28Cl2FNO5S. The number of ether oxygens (including phenoxy) is 3. The van der Waals surface area contributed by atoms with Crippen LogP contribution in [0, 0.1) is 5.82 Å². The Balaban J connectivity index is 1.35. The highest BCUT2D eigenvalue weighted by Gasteiger charge is 2.52. The molecule has 1 aliphatic carbocycles. The summed E-state index contributed by atoms with van der Waals surface area (Å²) in [5.74, 6) is -0.0160. The van der Waals surface area contributed by atoms with Gasteiger partial charge in [0, 0.05) is 11.1 Å². The van der Waals surface area contributed by atoms with Gasteiger partial charge >= 0.3 is 12.1 Å². The molecule has 3 aromatic carbocycles. The van der Waals surface area contributed by atoms with Crippen LogP contribution < -0.4 is 10.1 Å². The second-order valence-corrected chi connectivity index (χ2v) is 12.0. The monoisotopic (exact) mass is 627 g/mol. The van der Waals surface area contributed by atoms with Crippen molar-refractivity contribution < 1.29 is 28.2 Å². The smallest absolute Gasteiger partial charge is 0.412 e. The number of amides is 1. The van der Waals surface area contributed by atoms with Crippen molar-refractivity contribution in [3.63, 3.8) is 0 Å². The van der Waals surface area contributed by atoms with Crippen molar-refractivity contribution in [2.24, 2.45) is 0 Å². The molecule has 0 saturated heterocycles. The molecule has 10 heteroatoms. The second kappa shape index (κ2) is 12.3. The fourth-order valence-corrected chi connectivity index (χ4v) is 6.41. The zero-order valence-electron chi connectivity index (χ0n) is 23.1. The number of esters is 1. The fourth-order valence-electron chi connectivity index (χ4n) is 4.91. The molecule has 0 radical (unpaired) electrons. The molecular weight excluding hydrogens is 600 g/mol. The largest absolute Gasteiger partial charge is 0.496 e. The summed E-state index contributed by atoms with van der Waals surface area (Å²) in [5, 5.41) is 2.93. The number of halogens is 3. The van der Waals surface area contributed by atoms with Gasteiger partial charge in [0.2, 0.25) is 0 Å². The van der Waals surface area contributed by atoms with Crippen LogP contribution in [0.5, 0.6) is 5.75 Å². The van der Waals surface area contributed by atoms with Gasteiger partial charge in [-0.05, 0) is 67.6 Å². The number of methoxy groups -OCH3 is 1. The van der Waals surface area contributed by atoms with E-state index in [2.05, 4.69) is 5.32 Å². The van der Waals surface area contributed by atoms with Gasteiger partial charge in [0.25, 0.3) is 0 Å². The lowest BCUT2D eigenvalue weighted by molar-refractivity contribution is -0.146. The van der Waals surface area contributed by atoms with Crippen molar-refractivity contribution in [2.75, 3.05) is 19.0 Å². The molecule has 1 heterocycles. The molecule has 1 unspecified atom stereocenters. The van der Waals surface area contributed by atoms with Crippen LogP contribution in [0.2, 0.25) is 9.36 Å². The standard InChI is InChI=1S/C32H28Cl2FNO5S/c1-4-40-30(37)32(13-14-32)21-8-5-19(6-9-21)24-11-7-20(15-27(24)39-3)29-26(17-28(34)42-29)36-31(38)41-18(2)23-12-10-22(35)16-25(23)33/h5-12,15-18H,4,13-14H2,1-3H3,(H,36,38). The Labute approximate surface area is 257 Å². The van der Waals surface area contributed by atoms with E-state index in [1.165, 1.54) is 29.5 Å². The zero-order chi connectivity index (χ0) is 30.0. The Morgan fingerprint density at radius 2 is 1.74 bits per heavy atom. The Hall–Kier alpha value is -3.59. The number of anilines is 1. The molecule has 1 aliphatic rings. The number of carbonyl (C=O) groups is 2. The van der Waals surface area contributed by atoms with Gasteiger partial charge in [0.1, 0.15) is 17.7 Å². The number of benzene rings is 3. The van der Waals surface area contributed by atoms with E-state index >= 15 is 0 Å². The SMILES string of the molecule is CCOC(=O)C1(c2ccc(-c3ccc(-c4sc(Cl)cc4NC(=O)OC(C)c4ccc(F)cc4Cl)cc3OC)cc2)CC1. The quantitative estimate of drug-likeness (QED) is 0.187. The van der Waals surface area contributed by atoms with Gasteiger partial charge in [0.05, 0.1) is 39.1 Å². The predicted molar refractivity (Wildman–Crippen MR) is 164 cm³/mol. The molecule has 6 nitrogen and oxygen atoms in total. The maximum atomic E-state index is 13.4. The lowest BCUT2D eigenvalue weighted by Crippen LogP contribution is -2.23. The summed E-state index contributed by atoms with van der Waals surface area (Å²) in [5.41, 5.74) is 3.96. The van der Waals surface area contributed by atoms with E-state index in [1.807, 2.05) is 49.4 Å². The van der Waals surface area contributed by atoms with Crippen LogP contribution in [-0.4, -0.2) is 25.8 Å². The average Bonchev–Trinajstić information content (AvgIpc) is 3.70. The van der Waals surface area contributed by atoms with Crippen molar-refractivity contribution in [2.45, 2.75) is 38.2 Å². The lowest BCUT2D eigenvalue weighted by atomic mass is 9.93. The number of rotatable bonds is 9. The van der Waals surface area contributed by atoms with Crippen molar-refractivity contribution in [1.82, 2.24) is 0 Å². The molecule has 1 saturated carbocycles. The molecule has 0 aliphatic heterocycles. The minimum Gasteiger partial charge on any atom is -0.496 e.